The fourth-order valence-corrected chi connectivity index (χ4v) is 2.54. The van der Waals surface area contributed by atoms with Crippen LogP contribution < -0.4 is 15.7 Å². The molecule has 0 spiro atoms. The Kier molecular flexibility index (Phi) is 5.91. The molecule has 1 aliphatic rings. The van der Waals surface area contributed by atoms with E-state index in [1.165, 1.54) is 0 Å². The van der Waals surface area contributed by atoms with E-state index in [1.807, 2.05) is 25.1 Å². The zero-order chi connectivity index (χ0) is 15.9. The average Bonchev–Trinajstić information content (AvgIpc) is 2.96. The van der Waals surface area contributed by atoms with Crippen molar-refractivity contribution in [3.8, 4) is 0 Å². The molecule has 1 aliphatic heterocycles. The SMILES string of the molecule is Cc1cccc(NC(=O)C[C@@H]([NH2+]C[C@@H]2CCCO2)C(=O)[O-])c1. The molecule has 0 radical (unpaired) electrons. The summed E-state index contributed by atoms with van der Waals surface area (Å²) in [4.78, 5) is 23.2. The number of carbonyl (C=O) groups excluding carboxylic acids is 2. The Balaban J connectivity index is 1.84. The van der Waals surface area contributed by atoms with Crippen molar-refractivity contribution < 1.29 is 24.7 Å². The molecule has 0 aliphatic carbocycles. The summed E-state index contributed by atoms with van der Waals surface area (Å²) in [7, 11) is 0. The quantitative estimate of drug-likeness (QED) is 0.688. The molecule has 0 aromatic heterocycles. The van der Waals surface area contributed by atoms with Crippen LogP contribution >= 0.6 is 0 Å². The van der Waals surface area contributed by atoms with Gasteiger partial charge in [0.05, 0.1) is 12.4 Å². The third-order valence-corrected chi connectivity index (χ3v) is 3.72. The fourth-order valence-electron chi connectivity index (χ4n) is 2.54. The van der Waals surface area contributed by atoms with Gasteiger partial charge in [0.2, 0.25) is 5.91 Å². The highest BCUT2D eigenvalue weighted by atomic mass is 16.5. The lowest BCUT2D eigenvalue weighted by molar-refractivity contribution is -0.687. The first-order chi connectivity index (χ1) is 10.5. The number of amides is 1. The first-order valence-electron chi connectivity index (χ1n) is 7.57. The maximum atomic E-state index is 12.0. The Morgan fingerprint density at radius 2 is 2.32 bits per heavy atom. The lowest BCUT2D eigenvalue weighted by Crippen LogP contribution is -2.94. The lowest BCUT2D eigenvalue weighted by atomic mass is 10.1. The van der Waals surface area contributed by atoms with Crippen LogP contribution in [0.4, 0.5) is 5.69 Å². The lowest BCUT2D eigenvalue weighted by Gasteiger charge is -2.18. The molecule has 1 fully saturated rings. The molecule has 1 aromatic rings. The smallest absolute Gasteiger partial charge is 0.230 e. The minimum atomic E-state index is -1.22. The van der Waals surface area contributed by atoms with E-state index in [2.05, 4.69) is 5.32 Å². The van der Waals surface area contributed by atoms with Crippen molar-refractivity contribution in [1.82, 2.24) is 0 Å². The maximum Gasteiger partial charge on any atom is 0.230 e. The summed E-state index contributed by atoms with van der Waals surface area (Å²) in [6, 6.07) is 6.48. The van der Waals surface area contributed by atoms with Crippen LogP contribution in [0.1, 0.15) is 24.8 Å². The molecule has 0 unspecified atom stereocenters. The maximum absolute atomic E-state index is 12.0. The number of benzene rings is 1. The van der Waals surface area contributed by atoms with Crippen LogP contribution in [0.3, 0.4) is 0 Å². The molecule has 3 N–H and O–H groups in total. The summed E-state index contributed by atoms with van der Waals surface area (Å²) in [5.41, 5.74) is 1.69. The number of aryl methyl sites for hydroxylation is 1. The summed E-state index contributed by atoms with van der Waals surface area (Å²) >= 11 is 0. The van der Waals surface area contributed by atoms with Gasteiger partial charge in [-0.2, -0.15) is 0 Å². The van der Waals surface area contributed by atoms with E-state index < -0.39 is 12.0 Å². The number of ether oxygens (including phenoxy) is 1. The number of rotatable bonds is 7. The van der Waals surface area contributed by atoms with E-state index in [0.29, 0.717) is 12.2 Å². The Hall–Kier alpha value is -1.92. The Labute approximate surface area is 129 Å². The molecule has 2 atom stereocenters. The molecule has 6 nitrogen and oxygen atoms in total. The molecule has 0 saturated carbocycles. The van der Waals surface area contributed by atoms with Gasteiger partial charge in [0.15, 0.2) is 0 Å². The van der Waals surface area contributed by atoms with Gasteiger partial charge in [0, 0.05) is 12.3 Å². The Morgan fingerprint density at radius 1 is 1.50 bits per heavy atom. The van der Waals surface area contributed by atoms with Crippen molar-refractivity contribution in [2.24, 2.45) is 0 Å². The van der Waals surface area contributed by atoms with Crippen LogP contribution in [0.25, 0.3) is 0 Å². The molecule has 1 amide bonds. The third-order valence-electron chi connectivity index (χ3n) is 3.72. The second-order valence-electron chi connectivity index (χ2n) is 5.65. The van der Waals surface area contributed by atoms with E-state index >= 15 is 0 Å². The molecule has 2 rings (SSSR count). The minimum Gasteiger partial charge on any atom is -0.544 e. The van der Waals surface area contributed by atoms with Gasteiger partial charge in [-0.1, -0.05) is 12.1 Å². The first-order valence-corrected chi connectivity index (χ1v) is 7.57. The number of carboxylic acid groups (broad SMARTS) is 1. The van der Waals surface area contributed by atoms with Crippen LogP contribution in [-0.2, 0) is 14.3 Å². The van der Waals surface area contributed by atoms with Crippen LogP contribution in [0, 0.1) is 6.92 Å². The zero-order valence-electron chi connectivity index (χ0n) is 12.7. The minimum absolute atomic E-state index is 0.0710. The summed E-state index contributed by atoms with van der Waals surface area (Å²) < 4.78 is 5.45. The van der Waals surface area contributed by atoms with Gasteiger partial charge < -0.3 is 25.3 Å². The molecule has 0 bridgehead atoms. The van der Waals surface area contributed by atoms with E-state index in [4.69, 9.17) is 4.74 Å². The molecule has 6 heteroatoms. The summed E-state index contributed by atoms with van der Waals surface area (Å²) in [6.07, 6.45) is 1.89. The van der Waals surface area contributed by atoms with Gasteiger partial charge in [-0.05, 0) is 37.5 Å². The van der Waals surface area contributed by atoms with E-state index in [9.17, 15) is 14.7 Å². The molecule has 1 saturated heterocycles. The van der Waals surface area contributed by atoms with Crippen molar-refractivity contribution in [1.29, 1.82) is 0 Å². The van der Waals surface area contributed by atoms with Crippen molar-refractivity contribution in [3.63, 3.8) is 0 Å². The van der Waals surface area contributed by atoms with Gasteiger partial charge in [-0.15, -0.1) is 0 Å². The normalized spacial score (nSPS) is 18.9. The Bertz CT molecular complexity index is 527. The molecular formula is C16H22N2O4. The van der Waals surface area contributed by atoms with E-state index in [0.717, 1.165) is 25.0 Å². The van der Waals surface area contributed by atoms with Crippen LogP contribution in [-0.4, -0.2) is 37.2 Å². The Morgan fingerprint density at radius 3 is 2.95 bits per heavy atom. The number of hydrogen-bond donors (Lipinski definition) is 2. The summed E-state index contributed by atoms with van der Waals surface area (Å²) in [6.45, 7) is 3.19. The molecule has 22 heavy (non-hydrogen) atoms. The molecular weight excluding hydrogens is 284 g/mol. The highest BCUT2D eigenvalue weighted by Gasteiger charge is 2.23. The molecule has 1 heterocycles. The predicted octanol–water partition coefficient (Wildman–Crippen LogP) is -0.815. The number of nitrogens with two attached hydrogens (primary N) is 1. The van der Waals surface area contributed by atoms with Crippen LogP contribution in [0.15, 0.2) is 24.3 Å². The number of carbonyl (C=O) groups is 2. The fraction of sp³-hybridized carbons (Fsp3) is 0.500. The average molecular weight is 306 g/mol. The van der Waals surface area contributed by atoms with Crippen molar-refractivity contribution >= 4 is 17.6 Å². The number of hydrogen-bond acceptors (Lipinski definition) is 4. The third kappa shape index (κ3) is 5.13. The van der Waals surface area contributed by atoms with Gasteiger partial charge >= 0.3 is 0 Å². The predicted molar refractivity (Wildman–Crippen MR) is 79.0 cm³/mol. The second kappa shape index (κ2) is 7.91. The van der Waals surface area contributed by atoms with Crippen molar-refractivity contribution in [2.45, 2.75) is 38.3 Å². The second-order valence-corrected chi connectivity index (χ2v) is 5.65. The van der Waals surface area contributed by atoms with Crippen molar-refractivity contribution in [2.75, 3.05) is 18.5 Å². The molecule has 1 aromatic carbocycles. The zero-order valence-corrected chi connectivity index (χ0v) is 12.7. The summed E-state index contributed by atoms with van der Waals surface area (Å²) in [5, 5.41) is 15.5. The highest BCUT2D eigenvalue weighted by Crippen LogP contribution is 2.11. The first kappa shape index (κ1) is 16.5. The number of aliphatic carboxylic acids is 1. The van der Waals surface area contributed by atoms with Gasteiger partial charge in [0.25, 0.3) is 0 Å². The topological polar surface area (TPSA) is 95.1 Å². The van der Waals surface area contributed by atoms with Crippen LogP contribution in [0.2, 0.25) is 0 Å². The van der Waals surface area contributed by atoms with Gasteiger partial charge in [-0.25, -0.2) is 0 Å². The number of nitrogens with one attached hydrogen (secondary N) is 1. The van der Waals surface area contributed by atoms with E-state index in [1.54, 1.807) is 11.4 Å². The van der Waals surface area contributed by atoms with Crippen molar-refractivity contribution in [3.05, 3.63) is 29.8 Å². The van der Waals surface area contributed by atoms with Crippen LogP contribution in [0.5, 0.6) is 0 Å². The van der Waals surface area contributed by atoms with E-state index in [-0.39, 0.29) is 18.4 Å². The molecule has 120 valence electrons. The largest absolute Gasteiger partial charge is 0.544 e. The van der Waals surface area contributed by atoms with Gasteiger partial charge in [0.1, 0.15) is 18.7 Å². The standard InChI is InChI=1S/C16H22N2O4/c1-11-4-2-5-12(8-11)18-15(19)9-14(16(20)21)17-10-13-6-3-7-22-13/h2,4-5,8,13-14,17H,3,6-7,9-10H2,1H3,(H,18,19)(H,20,21)/t13-,14+/m0/s1. The number of anilines is 1. The summed E-state index contributed by atoms with van der Waals surface area (Å²) in [5.74, 6) is -1.55. The number of carboxylic acids is 1. The monoisotopic (exact) mass is 306 g/mol. The number of quaternary nitrogens is 1. The highest BCUT2D eigenvalue weighted by molar-refractivity contribution is 5.93. The van der Waals surface area contributed by atoms with Gasteiger partial charge in [-0.3, -0.25) is 4.79 Å².